The van der Waals surface area contributed by atoms with E-state index in [-0.39, 0.29) is 6.09 Å². The zero-order valence-corrected chi connectivity index (χ0v) is 14.1. The standard InChI is InChI=1S/C15H20Cl2N2O3/c1-2-21-15(20)19-7-5-18(6-8-19)9-10-22-14-4-3-12(16)11-13(14)17/h3-4,11H,2,5-10H2,1H3. The van der Waals surface area contributed by atoms with Gasteiger partial charge in [0.25, 0.3) is 0 Å². The molecule has 0 bridgehead atoms. The molecule has 0 N–H and O–H groups in total. The molecule has 0 aromatic heterocycles. The topological polar surface area (TPSA) is 42.0 Å². The third-order valence-corrected chi connectivity index (χ3v) is 3.99. The molecule has 1 heterocycles. The Morgan fingerprint density at radius 2 is 1.95 bits per heavy atom. The Morgan fingerprint density at radius 3 is 2.59 bits per heavy atom. The van der Waals surface area contributed by atoms with Crippen molar-refractivity contribution in [1.82, 2.24) is 9.80 Å². The number of hydrogen-bond donors (Lipinski definition) is 0. The van der Waals surface area contributed by atoms with Crippen molar-refractivity contribution in [2.45, 2.75) is 6.92 Å². The molecule has 122 valence electrons. The number of ether oxygens (including phenoxy) is 2. The Balaban J connectivity index is 1.70. The Labute approximate surface area is 140 Å². The van der Waals surface area contributed by atoms with Gasteiger partial charge >= 0.3 is 6.09 Å². The van der Waals surface area contributed by atoms with E-state index in [2.05, 4.69) is 4.90 Å². The molecule has 0 saturated carbocycles. The minimum Gasteiger partial charge on any atom is -0.491 e. The van der Waals surface area contributed by atoms with Crippen LogP contribution in [0.4, 0.5) is 4.79 Å². The van der Waals surface area contributed by atoms with Crippen LogP contribution in [0.3, 0.4) is 0 Å². The van der Waals surface area contributed by atoms with Crippen LogP contribution in [0.2, 0.25) is 10.0 Å². The molecule has 1 aliphatic heterocycles. The van der Waals surface area contributed by atoms with Crippen molar-refractivity contribution in [3.8, 4) is 5.75 Å². The SMILES string of the molecule is CCOC(=O)N1CCN(CCOc2ccc(Cl)cc2Cl)CC1. The molecule has 1 saturated heterocycles. The van der Waals surface area contributed by atoms with Crippen molar-refractivity contribution in [1.29, 1.82) is 0 Å². The molecule has 2 rings (SSSR count). The highest BCUT2D eigenvalue weighted by Crippen LogP contribution is 2.27. The van der Waals surface area contributed by atoms with E-state index in [1.807, 2.05) is 6.92 Å². The summed E-state index contributed by atoms with van der Waals surface area (Å²) < 4.78 is 10.7. The van der Waals surface area contributed by atoms with E-state index < -0.39 is 0 Å². The lowest BCUT2D eigenvalue weighted by Crippen LogP contribution is -2.49. The van der Waals surface area contributed by atoms with E-state index in [4.69, 9.17) is 32.7 Å². The van der Waals surface area contributed by atoms with Gasteiger partial charge in [-0.1, -0.05) is 23.2 Å². The van der Waals surface area contributed by atoms with E-state index in [0.717, 1.165) is 19.6 Å². The average molecular weight is 347 g/mol. The van der Waals surface area contributed by atoms with E-state index in [1.54, 1.807) is 23.1 Å². The molecule has 0 aliphatic carbocycles. The van der Waals surface area contributed by atoms with Crippen molar-refractivity contribution in [3.05, 3.63) is 28.2 Å². The lowest BCUT2D eigenvalue weighted by atomic mass is 10.3. The quantitative estimate of drug-likeness (QED) is 0.821. The molecule has 1 aliphatic rings. The van der Waals surface area contributed by atoms with Crippen LogP contribution in [-0.4, -0.2) is 61.8 Å². The first kappa shape index (κ1) is 17.2. The summed E-state index contributed by atoms with van der Waals surface area (Å²) in [6.45, 7) is 6.55. The molecule has 1 amide bonds. The predicted octanol–water partition coefficient (Wildman–Crippen LogP) is 3.15. The largest absolute Gasteiger partial charge is 0.491 e. The maximum absolute atomic E-state index is 11.6. The molecular formula is C15H20Cl2N2O3. The summed E-state index contributed by atoms with van der Waals surface area (Å²) in [7, 11) is 0. The minimum absolute atomic E-state index is 0.230. The lowest BCUT2D eigenvalue weighted by Gasteiger charge is -2.33. The number of halogens is 2. The number of benzene rings is 1. The van der Waals surface area contributed by atoms with Crippen molar-refractivity contribution < 1.29 is 14.3 Å². The molecule has 1 aromatic carbocycles. The smallest absolute Gasteiger partial charge is 0.409 e. The van der Waals surface area contributed by atoms with Crippen LogP contribution in [0.5, 0.6) is 5.75 Å². The van der Waals surface area contributed by atoms with Crippen molar-refractivity contribution in [3.63, 3.8) is 0 Å². The second-order valence-electron chi connectivity index (χ2n) is 4.95. The fourth-order valence-corrected chi connectivity index (χ4v) is 2.71. The number of piperazine rings is 1. The molecule has 22 heavy (non-hydrogen) atoms. The average Bonchev–Trinajstić information content (AvgIpc) is 2.50. The first-order chi connectivity index (χ1) is 10.6. The monoisotopic (exact) mass is 346 g/mol. The lowest BCUT2D eigenvalue weighted by molar-refractivity contribution is 0.0757. The first-order valence-electron chi connectivity index (χ1n) is 7.32. The molecule has 0 unspecified atom stereocenters. The molecule has 1 fully saturated rings. The van der Waals surface area contributed by atoms with Gasteiger partial charge < -0.3 is 14.4 Å². The van der Waals surface area contributed by atoms with Gasteiger partial charge in [0.15, 0.2) is 0 Å². The summed E-state index contributed by atoms with van der Waals surface area (Å²) in [5, 5.41) is 1.10. The third-order valence-electron chi connectivity index (χ3n) is 3.46. The fourth-order valence-electron chi connectivity index (χ4n) is 2.25. The number of rotatable bonds is 5. The maximum Gasteiger partial charge on any atom is 0.409 e. The molecular weight excluding hydrogens is 327 g/mol. The fraction of sp³-hybridized carbons (Fsp3) is 0.533. The van der Waals surface area contributed by atoms with Gasteiger partial charge in [-0.25, -0.2) is 4.79 Å². The summed E-state index contributed by atoms with van der Waals surface area (Å²) >= 11 is 11.9. The highest BCUT2D eigenvalue weighted by atomic mass is 35.5. The summed E-state index contributed by atoms with van der Waals surface area (Å²) in [4.78, 5) is 15.6. The second-order valence-corrected chi connectivity index (χ2v) is 5.79. The molecule has 5 nitrogen and oxygen atoms in total. The summed E-state index contributed by atoms with van der Waals surface area (Å²) in [6, 6.07) is 5.18. The van der Waals surface area contributed by atoms with Crippen LogP contribution >= 0.6 is 23.2 Å². The van der Waals surface area contributed by atoms with E-state index in [9.17, 15) is 4.79 Å². The summed E-state index contributed by atoms with van der Waals surface area (Å²) in [5.41, 5.74) is 0. The number of amides is 1. The van der Waals surface area contributed by atoms with E-state index in [1.165, 1.54) is 0 Å². The van der Waals surface area contributed by atoms with Gasteiger partial charge in [-0.2, -0.15) is 0 Å². The van der Waals surface area contributed by atoms with Crippen molar-refractivity contribution >= 4 is 29.3 Å². The van der Waals surface area contributed by atoms with Crippen LogP contribution in [0.1, 0.15) is 6.92 Å². The highest BCUT2D eigenvalue weighted by molar-refractivity contribution is 6.35. The van der Waals surface area contributed by atoms with E-state index in [0.29, 0.717) is 42.1 Å². The zero-order valence-electron chi connectivity index (χ0n) is 12.6. The number of carbonyl (C=O) groups excluding carboxylic acids is 1. The number of carbonyl (C=O) groups is 1. The second kappa shape index (κ2) is 8.46. The molecule has 7 heteroatoms. The predicted molar refractivity (Wildman–Crippen MR) is 87.0 cm³/mol. The Hall–Kier alpha value is -1.17. The van der Waals surface area contributed by atoms with Crippen LogP contribution in [0.25, 0.3) is 0 Å². The molecule has 0 spiro atoms. The van der Waals surface area contributed by atoms with Crippen LogP contribution < -0.4 is 4.74 Å². The van der Waals surface area contributed by atoms with Crippen LogP contribution in [0.15, 0.2) is 18.2 Å². The normalized spacial score (nSPS) is 15.7. The highest BCUT2D eigenvalue weighted by Gasteiger charge is 2.21. The van der Waals surface area contributed by atoms with Gasteiger partial charge in [0.05, 0.1) is 11.6 Å². The Bertz CT molecular complexity index is 506. The zero-order chi connectivity index (χ0) is 15.9. The summed E-state index contributed by atoms with van der Waals surface area (Å²) in [6.07, 6.45) is -0.230. The number of nitrogens with zero attached hydrogens (tertiary/aromatic N) is 2. The molecule has 1 aromatic rings. The summed E-state index contributed by atoms with van der Waals surface area (Å²) in [5.74, 6) is 0.635. The maximum atomic E-state index is 11.6. The van der Waals surface area contributed by atoms with Crippen molar-refractivity contribution in [2.24, 2.45) is 0 Å². The van der Waals surface area contributed by atoms with E-state index >= 15 is 0 Å². The molecule has 0 radical (unpaired) electrons. The van der Waals surface area contributed by atoms with Crippen molar-refractivity contribution in [2.75, 3.05) is 45.9 Å². The molecule has 0 atom stereocenters. The Kier molecular flexibility index (Phi) is 6.61. The van der Waals surface area contributed by atoms with Crippen LogP contribution in [0, 0.1) is 0 Å². The Morgan fingerprint density at radius 1 is 1.23 bits per heavy atom. The van der Waals surface area contributed by atoms with Gasteiger partial charge in [0.1, 0.15) is 12.4 Å². The van der Waals surface area contributed by atoms with Gasteiger partial charge in [0, 0.05) is 37.7 Å². The third kappa shape index (κ3) is 4.93. The van der Waals surface area contributed by atoms with Gasteiger partial charge in [-0.15, -0.1) is 0 Å². The van der Waals surface area contributed by atoms with Gasteiger partial charge in [-0.05, 0) is 25.1 Å². The number of hydrogen-bond acceptors (Lipinski definition) is 4. The van der Waals surface area contributed by atoms with Crippen LogP contribution in [-0.2, 0) is 4.74 Å². The van der Waals surface area contributed by atoms with Gasteiger partial charge in [0.2, 0.25) is 0 Å². The van der Waals surface area contributed by atoms with Gasteiger partial charge in [-0.3, -0.25) is 4.90 Å². The minimum atomic E-state index is -0.230. The first-order valence-corrected chi connectivity index (χ1v) is 8.07.